The number of hydrogen-bond acceptors (Lipinski definition) is 5. The molecule has 0 saturated heterocycles. The highest BCUT2D eigenvalue weighted by Gasteiger charge is 2.18. The summed E-state index contributed by atoms with van der Waals surface area (Å²) < 4.78 is 31.5. The second-order valence-electron chi connectivity index (χ2n) is 3.72. The monoisotopic (exact) mass is 267 g/mol. The van der Waals surface area contributed by atoms with E-state index in [9.17, 15) is 8.42 Å². The number of sulfonamides is 1. The molecule has 0 spiro atoms. The van der Waals surface area contributed by atoms with Crippen LogP contribution in [0.1, 0.15) is 11.5 Å². The quantitative estimate of drug-likeness (QED) is 0.868. The lowest BCUT2D eigenvalue weighted by atomic mass is 10.3. The predicted molar refractivity (Wildman–Crippen MR) is 66.4 cm³/mol. The van der Waals surface area contributed by atoms with Crippen molar-refractivity contribution in [1.82, 2.24) is 4.98 Å². The van der Waals surface area contributed by atoms with Gasteiger partial charge in [0.15, 0.2) is 0 Å². The summed E-state index contributed by atoms with van der Waals surface area (Å²) in [6.45, 7) is 1.93. The van der Waals surface area contributed by atoms with Crippen LogP contribution in [0.25, 0.3) is 0 Å². The van der Waals surface area contributed by atoms with Crippen molar-refractivity contribution in [3.63, 3.8) is 0 Å². The van der Waals surface area contributed by atoms with E-state index >= 15 is 0 Å². The molecule has 2 heterocycles. The Bertz CT molecular complexity index is 649. The number of pyridine rings is 1. The van der Waals surface area contributed by atoms with Crippen LogP contribution < -0.4 is 10.5 Å². The molecule has 0 fully saturated rings. The van der Waals surface area contributed by atoms with E-state index in [1.165, 1.54) is 18.3 Å². The van der Waals surface area contributed by atoms with Crippen LogP contribution >= 0.6 is 0 Å². The Morgan fingerprint density at radius 3 is 2.78 bits per heavy atom. The SMILES string of the molecule is Cc1cc(NS(=O)(=O)c2ccc(CN)o2)ccn1. The first-order valence-electron chi connectivity index (χ1n) is 5.25. The molecule has 0 radical (unpaired) electrons. The standard InChI is InChI=1S/C11H13N3O3S/c1-8-6-9(4-5-13-8)14-18(15,16)11-3-2-10(7-12)17-11/h2-6H,7,12H2,1H3,(H,13,14). The van der Waals surface area contributed by atoms with Crippen LogP contribution in [0.4, 0.5) is 5.69 Å². The zero-order chi connectivity index (χ0) is 13.2. The van der Waals surface area contributed by atoms with Gasteiger partial charge >= 0.3 is 0 Å². The second kappa shape index (κ2) is 4.79. The molecule has 0 aliphatic heterocycles. The maximum atomic E-state index is 12.0. The van der Waals surface area contributed by atoms with Crippen molar-refractivity contribution in [2.45, 2.75) is 18.6 Å². The molecule has 18 heavy (non-hydrogen) atoms. The molecule has 2 rings (SSSR count). The summed E-state index contributed by atoms with van der Waals surface area (Å²) in [5.41, 5.74) is 6.52. The van der Waals surface area contributed by atoms with Crippen molar-refractivity contribution in [1.29, 1.82) is 0 Å². The van der Waals surface area contributed by atoms with Crippen molar-refractivity contribution in [2.75, 3.05) is 4.72 Å². The lowest BCUT2D eigenvalue weighted by Gasteiger charge is -2.05. The number of hydrogen-bond donors (Lipinski definition) is 2. The van der Waals surface area contributed by atoms with E-state index in [2.05, 4.69) is 9.71 Å². The highest BCUT2D eigenvalue weighted by molar-refractivity contribution is 7.92. The van der Waals surface area contributed by atoms with Gasteiger partial charge in [0.05, 0.1) is 12.2 Å². The maximum Gasteiger partial charge on any atom is 0.295 e. The largest absolute Gasteiger partial charge is 0.446 e. The van der Waals surface area contributed by atoms with Gasteiger partial charge in [-0.25, -0.2) is 0 Å². The number of nitrogens with one attached hydrogen (secondary N) is 1. The molecule has 0 aliphatic rings. The van der Waals surface area contributed by atoms with Gasteiger partial charge in [0.2, 0.25) is 5.09 Å². The smallest absolute Gasteiger partial charge is 0.295 e. The van der Waals surface area contributed by atoms with Gasteiger partial charge < -0.3 is 10.2 Å². The first-order valence-corrected chi connectivity index (χ1v) is 6.74. The Morgan fingerprint density at radius 1 is 1.39 bits per heavy atom. The number of furan rings is 1. The van der Waals surface area contributed by atoms with Crippen molar-refractivity contribution >= 4 is 15.7 Å². The Hall–Kier alpha value is -1.86. The lowest BCUT2D eigenvalue weighted by molar-refractivity contribution is 0.417. The fraction of sp³-hybridized carbons (Fsp3) is 0.182. The zero-order valence-corrected chi connectivity index (χ0v) is 10.6. The van der Waals surface area contributed by atoms with Crippen LogP contribution in [0.15, 0.2) is 40.0 Å². The molecule has 0 amide bonds. The normalized spacial score (nSPS) is 11.4. The van der Waals surface area contributed by atoms with Gasteiger partial charge in [-0.15, -0.1) is 0 Å². The second-order valence-corrected chi connectivity index (χ2v) is 5.33. The average Bonchev–Trinajstić information content (AvgIpc) is 2.77. The molecule has 3 N–H and O–H groups in total. The van der Waals surface area contributed by atoms with E-state index in [0.29, 0.717) is 11.4 Å². The number of rotatable bonds is 4. The van der Waals surface area contributed by atoms with Gasteiger partial charge in [-0.1, -0.05) is 0 Å². The number of aromatic nitrogens is 1. The van der Waals surface area contributed by atoms with Crippen molar-refractivity contribution in [3.05, 3.63) is 41.9 Å². The van der Waals surface area contributed by atoms with Crippen molar-refractivity contribution < 1.29 is 12.8 Å². The van der Waals surface area contributed by atoms with Crippen LogP contribution in [0.2, 0.25) is 0 Å². The lowest BCUT2D eigenvalue weighted by Crippen LogP contribution is -2.12. The van der Waals surface area contributed by atoms with E-state index < -0.39 is 10.0 Å². The molecule has 2 aromatic rings. The highest BCUT2D eigenvalue weighted by Crippen LogP contribution is 2.18. The van der Waals surface area contributed by atoms with Gasteiger partial charge in [0.25, 0.3) is 10.0 Å². The van der Waals surface area contributed by atoms with E-state index in [0.717, 1.165) is 5.69 Å². The number of anilines is 1. The Labute approximate surface area is 105 Å². The fourth-order valence-corrected chi connectivity index (χ4v) is 2.43. The number of aryl methyl sites for hydroxylation is 1. The molecule has 0 aliphatic carbocycles. The molecule has 0 aromatic carbocycles. The molecule has 7 heteroatoms. The third-order valence-electron chi connectivity index (χ3n) is 2.25. The molecule has 0 saturated carbocycles. The minimum Gasteiger partial charge on any atom is -0.446 e. The molecule has 0 atom stereocenters. The summed E-state index contributed by atoms with van der Waals surface area (Å²) in [6.07, 6.45) is 1.53. The van der Waals surface area contributed by atoms with Crippen LogP contribution in [0.3, 0.4) is 0 Å². The minimum absolute atomic E-state index is 0.155. The zero-order valence-electron chi connectivity index (χ0n) is 9.75. The molecule has 6 nitrogen and oxygen atoms in total. The Balaban J connectivity index is 2.27. The highest BCUT2D eigenvalue weighted by atomic mass is 32.2. The summed E-state index contributed by atoms with van der Waals surface area (Å²) in [4.78, 5) is 3.99. The van der Waals surface area contributed by atoms with Gasteiger partial charge in [0.1, 0.15) is 5.76 Å². The van der Waals surface area contributed by atoms with Crippen LogP contribution in [0, 0.1) is 6.92 Å². The predicted octanol–water partition coefficient (Wildman–Crippen LogP) is 1.24. The Kier molecular flexibility index (Phi) is 3.35. The fourth-order valence-electron chi connectivity index (χ4n) is 1.43. The third-order valence-corrected chi connectivity index (χ3v) is 3.51. The van der Waals surface area contributed by atoms with E-state index in [1.54, 1.807) is 19.1 Å². The summed E-state index contributed by atoms with van der Waals surface area (Å²) in [5.74, 6) is 0.418. The van der Waals surface area contributed by atoms with Crippen LogP contribution in [-0.4, -0.2) is 13.4 Å². The number of nitrogens with zero attached hydrogens (tertiary/aromatic N) is 1. The number of nitrogens with two attached hydrogens (primary N) is 1. The van der Waals surface area contributed by atoms with E-state index in [-0.39, 0.29) is 11.6 Å². The maximum absolute atomic E-state index is 12.0. The van der Waals surface area contributed by atoms with E-state index in [4.69, 9.17) is 10.2 Å². The van der Waals surface area contributed by atoms with Crippen molar-refractivity contribution in [3.8, 4) is 0 Å². The summed E-state index contributed by atoms with van der Waals surface area (Å²) in [6, 6.07) is 6.10. The van der Waals surface area contributed by atoms with E-state index in [1.807, 2.05) is 0 Å². The van der Waals surface area contributed by atoms with Gasteiger partial charge in [0, 0.05) is 11.9 Å². The van der Waals surface area contributed by atoms with Crippen LogP contribution in [0.5, 0.6) is 0 Å². The van der Waals surface area contributed by atoms with Crippen molar-refractivity contribution in [2.24, 2.45) is 5.73 Å². The molecule has 96 valence electrons. The third kappa shape index (κ3) is 2.69. The van der Waals surface area contributed by atoms with Gasteiger partial charge in [-0.05, 0) is 31.2 Å². The molecular formula is C11H13N3O3S. The molecule has 2 aromatic heterocycles. The summed E-state index contributed by atoms with van der Waals surface area (Å²) >= 11 is 0. The molecule has 0 unspecified atom stereocenters. The minimum atomic E-state index is -3.72. The molecular weight excluding hydrogens is 254 g/mol. The first-order chi connectivity index (χ1) is 8.51. The van der Waals surface area contributed by atoms with Gasteiger partial charge in [-0.3, -0.25) is 9.71 Å². The van der Waals surface area contributed by atoms with Gasteiger partial charge in [-0.2, -0.15) is 8.42 Å². The average molecular weight is 267 g/mol. The summed E-state index contributed by atoms with van der Waals surface area (Å²) in [5, 5.41) is -0.155. The first kappa shape index (κ1) is 12.6. The summed E-state index contributed by atoms with van der Waals surface area (Å²) in [7, 11) is -3.72. The topological polar surface area (TPSA) is 98.2 Å². The Morgan fingerprint density at radius 2 is 2.17 bits per heavy atom. The molecule has 0 bridgehead atoms. The van der Waals surface area contributed by atoms with Crippen LogP contribution in [-0.2, 0) is 16.6 Å².